The fourth-order valence-electron chi connectivity index (χ4n) is 1.04. The van der Waals surface area contributed by atoms with Gasteiger partial charge in [-0.15, -0.1) is 10.2 Å². The van der Waals surface area contributed by atoms with Crippen molar-refractivity contribution in [2.75, 3.05) is 11.9 Å². The Hall–Kier alpha value is -0.730. The fourth-order valence-corrected chi connectivity index (χ4v) is 2.84. The van der Waals surface area contributed by atoms with Crippen molar-refractivity contribution in [3.05, 3.63) is 16.2 Å². The molecule has 0 spiro atoms. The van der Waals surface area contributed by atoms with Crippen LogP contribution in [0.25, 0.3) is 0 Å². The van der Waals surface area contributed by atoms with Gasteiger partial charge in [-0.25, -0.2) is 9.97 Å². The Balaban J connectivity index is 2.14. The minimum Gasteiger partial charge on any atom is -0.354 e. The van der Waals surface area contributed by atoms with Gasteiger partial charge in [0.15, 0.2) is 4.34 Å². The van der Waals surface area contributed by atoms with Crippen LogP contribution in [0.1, 0.15) is 13.3 Å². The van der Waals surface area contributed by atoms with E-state index in [1.807, 2.05) is 0 Å². The number of hydrogen-bond donors (Lipinski definition) is 1. The molecule has 0 radical (unpaired) electrons. The average molecular weight is 332 g/mol. The van der Waals surface area contributed by atoms with E-state index in [0.717, 1.165) is 26.8 Å². The van der Waals surface area contributed by atoms with Crippen molar-refractivity contribution < 1.29 is 0 Å². The molecule has 0 amide bonds. The Morgan fingerprint density at radius 3 is 3.12 bits per heavy atom. The van der Waals surface area contributed by atoms with E-state index in [9.17, 15) is 0 Å². The molecule has 0 aromatic carbocycles. The summed E-state index contributed by atoms with van der Waals surface area (Å²) in [5.41, 5.74) is 1.70. The van der Waals surface area contributed by atoms with Gasteiger partial charge in [-0.05, 0) is 34.1 Å². The predicted octanol–water partition coefficient (Wildman–Crippen LogP) is 3.06. The quantitative estimate of drug-likeness (QED) is 0.849. The minimum absolute atomic E-state index is 0.641. The molecular formula is C9H10BrN5S2. The highest BCUT2D eigenvalue weighted by Crippen LogP contribution is 2.32. The van der Waals surface area contributed by atoms with Crippen molar-refractivity contribution in [1.29, 1.82) is 0 Å². The highest BCUT2D eigenvalue weighted by atomic mass is 79.9. The van der Waals surface area contributed by atoms with E-state index in [1.165, 1.54) is 23.1 Å². The number of aromatic nitrogens is 4. The topological polar surface area (TPSA) is 63.6 Å². The van der Waals surface area contributed by atoms with Gasteiger partial charge < -0.3 is 5.32 Å². The van der Waals surface area contributed by atoms with Crippen LogP contribution in [0.4, 0.5) is 5.95 Å². The van der Waals surface area contributed by atoms with Crippen LogP contribution in [0.2, 0.25) is 0 Å². The third-order valence-corrected chi connectivity index (χ3v) is 4.39. The molecule has 0 aliphatic heterocycles. The fraction of sp³-hybridized carbons (Fsp3) is 0.333. The van der Waals surface area contributed by atoms with Gasteiger partial charge in [-0.3, -0.25) is 0 Å². The standard InChI is InChI=1S/C9H10BrN5S2/c1-2-3-11-8-12-4-6(10)7(14-8)17-9-15-13-5-16-9/h4-5H,2-3H2,1H3,(H,11,12,14). The van der Waals surface area contributed by atoms with Crippen molar-refractivity contribution in [2.24, 2.45) is 0 Å². The zero-order valence-corrected chi connectivity index (χ0v) is 12.3. The summed E-state index contributed by atoms with van der Waals surface area (Å²) in [6.45, 7) is 2.97. The Morgan fingerprint density at radius 2 is 2.41 bits per heavy atom. The third-order valence-electron chi connectivity index (χ3n) is 1.77. The monoisotopic (exact) mass is 331 g/mol. The second-order valence-electron chi connectivity index (χ2n) is 3.08. The van der Waals surface area contributed by atoms with Gasteiger partial charge in [-0.2, -0.15) is 0 Å². The summed E-state index contributed by atoms with van der Waals surface area (Å²) in [5, 5.41) is 11.8. The van der Waals surface area contributed by atoms with Gasteiger partial charge in [-0.1, -0.05) is 18.3 Å². The second-order valence-corrected chi connectivity index (χ2v) is 6.00. The zero-order chi connectivity index (χ0) is 12.1. The van der Waals surface area contributed by atoms with Gasteiger partial charge in [0.25, 0.3) is 0 Å². The molecule has 0 unspecified atom stereocenters. The van der Waals surface area contributed by atoms with E-state index in [1.54, 1.807) is 11.7 Å². The number of nitrogens with one attached hydrogen (secondary N) is 1. The minimum atomic E-state index is 0.641. The molecule has 8 heteroatoms. The highest BCUT2D eigenvalue weighted by molar-refractivity contribution is 9.10. The highest BCUT2D eigenvalue weighted by Gasteiger charge is 2.08. The molecule has 0 atom stereocenters. The van der Waals surface area contributed by atoms with Gasteiger partial charge >= 0.3 is 0 Å². The molecule has 0 saturated carbocycles. The van der Waals surface area contributed by atoms with Crippen LogP contribution >= 0.6 is 39.0 Å². The summed E-state index contributed by atoms with van der Waals surface area (Å²) >= 11 is 6.39. The number of anilines is 1. The lowest BCUT2D eigenvalue weighted by Gasteiger charge is -2.05. The van der Waals surface area contributed by atoms with E-state index in [2.05, 4.69) is 48.3 Å². The van der Waals surface area contributed by atoms with Crippen molar-refractivity contribution in [3.63, 3.8) is 0 Å². The molecule has 0 aliphatic carbocycles. The first-order valence-electron chi connectivity index (χ1n) is 5.00. The van der Waals surface area contributed by atoms with Crippen LogP contribution in [0.5, 0.6) is 0 Å². The van der Waals surface area contributed by atoms with Gasteiger partial charge in [0.2, 0.25) is 5.95 Å². The predicted molar refractivity (Wildman–Crippen MR) is 72.5 cm³/mol. The molecule has 0 fully saturated rings. The van der Waals surface area contributed by atoms with Crippen molar-refractivity contribution in [2.45, 2.75) is 22.7 Å². The Labute approximate surface area is 116 Å². The number of halogens is 1. The van der Waals surface area contributed by atoms with E-state index in [4.69, 9.17) is 0 Å². The molecule has 2 aromatic heterocycles. The molecular weight excluding hydrogens is 322 g/mol. The maximum Gasteiger partial charge on any atom is 0.223 e. The lowest BCUT2D eigenvalue weighted by molar-refractivity contribution is 0.928. The van der Waals surface area contributed by atoms with Crippen LogP contribution in [0.3, 0.4) is 0 Å². The maximum atomic E-state index is 4.42. The molecule has 1 N–H and O–H groups in total. The lowest BCUT2D eigenvalue weighted by atomic mass is 10.5. The SMILES string of the molecule is CCCNc1ncc(Br)c(Sc2nncs2)n1. The van der Waals surface area contributed by atoms with E-state index >= 15 is 0 Å². The van der Waals surface area contributed by atoms with Crippen LogP contribution in [-0.2, 0) is 0 Å². The van der Waals surface area contributed by atoms with Crippen molar-refractivity contribution in [1.82, 2.24) is 20.2 Å². The summed E-state index contributed by atoms with van der Waals surface area (Å²) in [6.07, 6.45) is 2.78. The first-order valence-corrected chi connectivity index (χ1v) is 7.49. The Kier molecular flexibility index (Phi) is 4.69. The molecule has 2 aromatic rings. The lowest BCUT2D eigenvalue weighted by Crippen LogP contribution is -2.04. The maximum absolute atomic E-state index is 4.42. The molecule has 90 valence electrons. The van der Waals surface area contributed by atoms with Crippen molar-refractivity contribution in [3.8, 4) is 0 Å². The molecule has 0 bridgehead atoms. The summed E-state index contributed by atoms with van der Waals surface area (Å²) in [7, 11) is 0. The van der Waals surface area contributed by atoms with Crippen molar-refractivity contribution >= 4 is 45.0 Å². The number of nitrogens with zero attached hydrogens (tertiary/aromatic N) is 4. The first-order chi connectivity index (χ1) is 8.29. The van der Waals surface area contributed by atoms with Crippen LogP contribution < -0.4 is 5.32 Å². The largest absolute Gasteiger partial charge is 0.354 e. The van der Waals surface area contributed by atoms with Gasteiger partial charge in [0.05, 0.1) is 4.47 Å². The van der Waals surface area contributed by atoms with Gasteiger partial charge in [0, 0.05) is 12.7 Å². The van der Waals surface area contributed by atoms with Crippen LogP contribution in [0.15, 0.2) is 25.5 Å². The Bertz CT molecular complexity index is 476. The normalized spacial score (nSPS) is 10.5. The van der Waals surface area contributed by atoms with Crippen LogP contribution in [0, 0.1) is 0 Å². The van der Waals surface area contributed by atoms with E-state index in [0.29, 0.717) is 5.95 Å². The molecule has 17 heavy (non-hydrogen) atoms. The van der Waals surface area contributed by atoms with E-state index in [-0.39, 0.29) is 0 Å². The molecule has 0 aliphatic rings. The summed E-state index contributed by atoms with van der Waals surface area (Å²) in [6, 6.07) is 0. The first kappa shape index (κ1) is 12.7. The summed E-state index contributed by atoms with van der Waals surface area (Å²) in [4.78, 5) is 8.61. The number of rotatable bonds is 5. The Morgan fingerprint density at radius 1 is 1.53 bits per heavy atom. The summed E-state index contributed by atoms with van der Waals surface area (Å²) in [5.74, 6) is 0.641. The molecule has 5 nitrogen and oxygen atoms in total. The molecule has 2 heterocycles. The van der Waals surface area contributed by atoms with Gasteiger partial charge in [0.1, 0.15) is 10.5 Å². The second kappa shape index (κ2) is 6.27. The molecule has 0 saturated heterocycles. The zero-order valence-electron chi connectivity index (χ0n) is 9.05. The average Bonchev–Trinajstić information content (AvgIpc) is 2.83. The summed E-state index contributed by atoms with van der Waals surface area (Å²) < 4.78 is 1.73. The van der Waals surface area contributed by atoms with E-state index < -0.39 is 0 Å². The molecule has 2 rings (SSSR count). The third kappa shape index (κ3) is 3.62. The number of hydrogen-bond acceptors (Lipinski definition) is 7. The smallest absolute Gasteiger partial charge is 0.223 e. The van der Waals surface area contributed by atoms with Crippen LogP contribution in [-0.4, -0.2) is 26.7 Å².